The highest BCUT2D eigenvalue weighted by Crippen LogP contribution is 2.31. The number of carbonyl (C=O) groups excluding carboxylic acids is 2. The van der Waals surface area contributed by atoms with Gasteiger partial charge in [0.25, 0.3) is 0 Å². The quantitative estimate of drug-likeness (QED) is 0.615. The van der Waals surface area contributed by atoms with Crippen molar-refractivity contribution in [1.82, 2.24) is 10.6 Å². The van der Waals surface area contributed by atoms with Crippen molar-refractivity contribution in [2.45, 2.75) is 20.3 Å². The second-order valence-electron chi connectivity index (χ2n) is 3.87. The summed E-state index contributed by atoms with van der Waals surface area (Å²) in [5.41, 5.74) is -0.323. The van der Waals surface area contributed by atoms with Gasteiger partial charge in [-0.2, -0.15) is 0 Å². The summed E-state index contributed by atoms with van der Waals surface area (Å²) in [5.74, 6) is -0.0527. The maximum absolute atomic E-state index is 11.7. The summed E-state index contributed by atoms with van der Waals surface area (Å²) in [4.78, 5) is 22.3. The van der Waals surface area contributed by atoms with Crippen LogP contribution in [0.2, 0.25) is 0 Å². The summed E-state index contributed by atoms with van der Waals surface area (Å²) >= 11 is 0. The van der Waals surface area contributed by atoms with Gasteiger partial charge in [0.15, 0.2) is 0 Å². The average Bonchev–Trinajstić information content (AvgIpc) is 2.11. The molecule has 15 heavy (non-hydrogen) atoms. The highest BCUT2D eigenvalue weighted by molar-refractivity contribution is 5.83. The Bertz CT molecular complexity index is 244. The lowest BCUT2D eigenvalue weighted by Gasteiger charge is -2.39. The van der Waals surface area contributed by atoms with Crippen molar-refractivity contribution in [2.24, 2.45) is 5.41 Å². The van der Waals surface area contributed by atoms with E-state index in [9.17, 15) is 9.59 Å². The third-order valence-electron chi connectivity index (χ3n) is 2.70. The fourth-order valence-electron chi connectivity index (χ4n) is 1.45. The molecular formula is C10H18N2O3. The molecule has 0 atom stereocenters. The van der Waals surface area contributed by atoms with Crippen molar-refractivity contribution in [1.29, 1.82) is 0 Å². The predicted octanol–water partition coefficient (Wildman–Crippen LogP) is -0.335. The second-order valence-corrected chi connectivity index (χ2v) is 3.87. The second kappa shape index (κ2) is 5.11. The molecule has 0 aliphatic carbocycles. The molecular weight excluding hydrogens is 196 g/mol. The molecule has 1 aliphatic heterocycles. The first-order chi connectivity index (χ1) is 7.10. The summed E-state index contributed by atoms with van der Waals surface area (Å²) in [6, 6.07) is 0. The van der Waals surface area contributed by atoms with Crippen LogP contribution in [0, 0.1) is 5.41 Å². The first-order valence-electron chi connectivity index (χ1n) is 5.21. The van der Waals surface area contributed by atoms with E-state index >= 15 is 0 Å². The molecule has 1 saturated heterocycles. The molecule has 0 radical (unpaired) electrons. The summed E-state index contributed by atoms with van der Waals surface area (Å²) in [5, 5.41) is 5.42. The SMILES string of the molecule is CCC1(C(=O)NCCNC(C)=O)COC1. The van der Waals surface area contributed by atoms with Crippen LogP contribution in [-0.4, -0.2) is 38.1 Å². The first-order valence-corrected chi connectivity index (χ1v) is 5.21. The van der Waals surface area contributed by atoms with Crippen molar-refractivity contribution in [2.75, 3.05) is 26.3 Å². The molecule has 0 aromatic heterocycles. The summed E-state index contributed by atoms with van der Waals surface area (Å²) in [7, 11) is 0. The summed E-state index contributed by atoms with van der Waals surface area (Å²) < 4.78 is 5.06. The van der Waals surface area contributed by atoms with Gasteiger partial charge in [-0.05, 0) is 6.42 Å². The summed E-state index contributed by atoms with van der Waals surface area (Å²) in [6.45, 7) is 5.40. The van der Waals surface area contributed by atoms with Crippen LogP contribution in [0.5, 0.6) is 0 Å². The fourth-order valence-corrected chi connectivity index (χ4v) is 1.45. The molecule has 0 bridgehead atoms. The van der Waals surface area contributed by atoms with Crippen LogP contribution in [0.1, 0.15) is 20.3 Å². The Balaban J connectivity index is 2.21. The molecule has 86 valence electrons. The molecule has 1 aliphatic rings. The zero-order valence-corrected chi connectivity index (χ0v) is 9.26. The van der Waals surface area contributed by atoms with Gasteiger partial charge in [0.05, 0.1) is 18.6 Å². The van der Waals surface area contributed by atoms with Crippen LogP contribution >= 0.6 is 0 Å². The molecule has 0 saturated carbocycles. The fraction of sp³-hybridized carbons (Fsp3) is 0.800. The van der Waals surface area contributed by atoms with Gasteiger partial charge in [-0.25, -0.2) is 0 Å². The zero-order chi connectivity index (χ0) is 11.3. The van der Waals surface area contributed by atoms with Crippen molar-refractivity contribution in [3.8, 4) is 0 Å². The van der Waals surface area contributed by atoms with Crippen LogP contribution in [0.15, 0.2) is 0 Å². The van der Waals surface area contributed by atoms with E-state index in [0.717, 1.165) is 6.42 Å². The third-order valence-corrected chi connectivity index (χ3v) is 2.70. The lowest BCUT2D eigenvalue weighted by atomic mass is 9.82. The number of ether oxygens (including phenoxy) is 1. The summed E-state index contributed by atoms with van der Waals surface area (Å²) in [6.07, 6.45) is 0.791. The predicted molar refractivity (Wildman–Crippen MR) is 55.2 cm³/mol. The number of hydrogen-bond acceptors (Lipinski definition) is 3. The molecule has 0 aromatic carbocycles. The van der Waals surface area contributed by atoms with E-state index in [0.29, 0.717) is 26.3 Å². The van der Waals surface area contributed by atoms with Gasteiger partial charge in [-0.15, -0.1) is 0 Å². The van der Waals surface area contributed by atoms with E-state index in [4.69, 9.17) is 4.74 Å². The first kappa shape index (κ1) is 12.0. The Hall–Kier alpha value is -1.10. The van der Waals surface area contributed by atoms with Gasteiger partial charge in [0, 0.05) is 20.0 Å². The number of carbonyl (C=O) groups is 2. The van der Waals surface area contributed by atoms with Crippen LogP contribution in [0.25, 0.3) is 0 Å². The monoisotopic (exact) mass is 214 g/mol. The highest BCUT2D eigenvalue weighted by Gasteiger charge is 2.43. The highest BCUT2D eigenvalue weighted by atomic mass is 16.5. The van der Waals surface area contributed by atoms with Gasteiger partial charge in [0.2, 0.25) is 11.8 Å². The molecule has 2 amide bonds. The lowest BCUT2D eigenvalue weighted by Crippen LogP contribution is -2.54. The molecule has 1 heterocycles. The molecule has 2 N–H and O–H groups in total. The largest absolute Gasteiger partial charge is 0.379 e. The smallest absolute Gasteiger partial charge is 0.230 e. The van der Waals surface area contributed by atoms with E-state index in [2.05, 4.69) is 10.6 Å². The van der Waals surface area contributed by atoms with Gasteiger partial charge in [-0.3, -0.25) is 9.59 Å². The Morgan fingerprint density at radius 3 is 2.27 bits per heavy atom. The average molecular weight is 214 g/mol. The van der Waals surface area contributed by atoms with E-state index < -0.39 is 0 Å². The van der Waals surface area contributed by atoms with Gasteiger partial charge in [-0.1, -0.05) is 6.92 Å². The third kappa shape index (κ3) is 2.92. The Kier molecular flexibility index (Phi) is 4.08. The topological polar surface area (TPSA) is 67.4 Å². The van der Waals surface area contributed by atoms with E-state index in [1.807, 2.05) is 6.92 Å². The van der Waals surface area contributed by atoms with Crippen LogP contribution in [0.3, 0.4) is 0 Å². The minimum atomic E-state index is -0.323. The van der Waals surface area contributed by atoms with E-state index in [1.54, 1.807) is 0 Å². The standard InChI is InChI=1S/C10H18N2O3/c1-3-10(6-15-7-10)9(14)12-5-4-11-8(2)13/h3-7H2,1-2H3,(H,11,13)(H,12,14). The lowest BCUT2D eigenvalue weighted by molar-refractivity contribution is -0.162. The van der Waals surface area contributed by atoms with Crippen molar-refractivity contribution in [3.05, 3.63) is 0 Å². The molecule has 1 rings (SSSR count). The van der Waals surface area contributed by atoms with E-state index in [1.165, 1.54) is 6.92 Å². The molecule has 0 aromatic rings. The van der Waals surface area contributed by atoms with Crippen molar-refractivity contribution < 1.29 is 14.3 Å². The Morgan fingerprint density at radius 2 is 1.87 bits per heavy atom. The minimum absolute atomic E-state index is 0.0293. The van der Waals surface area contributed by atoms with Gasteiger partial charge < -0.3 is 15.4 Å². The van der Waals surface area contributed by atoms with Crippen LogP contribution < -0.4 is 10.6 Å². The van der Waals surface area contributed by atoms with Crippen molar-refractivity contribution >= 4 is 11.8 Å². The molecule has 5 heteroatoms. The van der Waals surface area contributed by atoms with Gasteiger partial charge in [0.1, 0.15) is 0 Å². The maximum atomic E-state index is 11.7. The normalized spacial score (nSPS) is 17.7. The molecule has 0 unspecified atom stereocenters. The molecule has 1 fully saturated rings. The Labute approximate surface area is 89.6 Å². The van der Waals surface area contributed by atoms with Crippen molar-refractivity contribution in [3.63, 3.8) is 0 Å². The van der Waals surface area contributed by atoms with Crippen LogP contribution in [-0.2, 0) is 14.3 Å². The van der Waals surface area contributed by atoms with E-state index in [-0.39, 0.29) is 17.2 Å². The Morgan fingerprint density at radius 1 is 1.27 bits per heavy atom. The maximum Gasteiger partial charge on any atom is 0.230 e. The zero-order valence-electron chi connectivity index (χ0n) is 9.26. The number of hydrogen-bond donors (Lipinski definition) is 2. The van der Waals surface area contributed by atoms with Crippen LogP contribution in [0.4, 0.5) is 0 Å². The number of nitrogens with one attached hydrogen (secondary N) is 2. The molecule has 5 nitrogen and oxygen atoms in total. The number of amides is 2. The minimum Gasteiger partial charge on any atom is -0.379 e. The number of rotatable bonds is 5. The molecule has 0 spiro atoms. The van der Waals surface area contributed by atoms with Gasteiger partial charge >= 0.3 is 0 Å².